The maximum absolute atomic E-state index is 8.91. The molecule has 56 heavy (non-hydrogen) atoms. The molecule has 1 aliphatic rings. The van der Waals surface area contributed by atoms with Crippen molar-refractivity contribution in [2.24, 2.45) is 0 Å². The predicted molar refractivity (Wildman–Crippen MR) is 230 cm³/mol. The minimum absolute atomic E-state index is 0.0432. The quantitative estimate of drug-likeness (QED) is 0.181. The number of anilines is 3. The summed E-state index contributed by atoms with van der Waals surface area (Å²) in [6.45, 7) is 0. The second kappa shape index (κ2) is 11.9. The number of para-hydroxylation sites is 2. The molecule has 3 heterocycles. The smallest absolute Gasteiger partial charge is 0.167 e. The topological polar surface area (TPSA) is 55.1 Å². The summed E-state index contributed by atoms with van der Waals surface area (Å²) in [6, 6.07) is 49.5. The average molecular weight is 720 g/mol. The van der Waals surface area contributed by atoms with Gasteiger partial charge in [0.1, 0.15) is 11.2 Å². The molecule has 0 N–H and O–H groups in total. The fourth-order valence-corrected chi connectivity index (χ4v) is 8.38. The van der Waals surface area contributed by atoms with Gasteiger partial charge in [0.25, 0.3) is 0 Å². The van der Waals surface area contributed by atoms with E-state index in [2.05, 4.69) is 95.9 Å². The zero-order valence-corrected chi connectivity index (χ0v) is 29.6. The Bertz CT molecular complexity index is 3660. The molecule has 0 aliphatic carbocycles. The van der Waals surface area contributed by atoms with Crippen molar-refractivity contribution < 1.29 is 11.3 Å². The van der Waals surface area contributed by atoms with E-state index in [1.807, 2.05) is 60.7 Å². The van der Waals surface area contributed by atoms with Crippen LogP contribution in [0, 0.1) is 0 Å². The number of nitrogens with zero attached hydrogens (tertiary/aromatic N) is 4. The molecule has 12 rings (SSSR count). The molecule has 0 amide bonds. The number of aromatic nitrogens is 3. The van der Waals surface area contributed by atoms with Gasteiger partial charge < -0.3 is 9.32 Å². The molecule has 9 aromatic carbocycles. The van der Waals surface area contributed by atoms with Crippen molar-refractivity contribution in [1.29, 1.82) is 0 Å². The number of rotatable bonds is 4. The highest BCUT2D eigenvalue weighted by Crippen LogP contribution is 2.52. The second-order valence-corrected chi connectivity index (χ2v) is 14.0. The Morgan fingerprint density at radius 3 is 1.98 bits per heavy atom. The van der Waals surface area contributed by atoms with Crippen LogP contribution in [0.5, 0.6) is 0 Å². The molecule has 0 atom stereocenters. The van der Waals surface area contributed by atoms with Crippen LogP contribution in [0.25, 0.3) is 99.5 Å². The van der Waals surface area contributed by atoms with Crippen LogP contribution in [-0.4, -0.2) is 15.0 Å². The third-order valence-corrected chi connectivity index (χ3v) is 10.9. The molecule has 11 aromatic rings. The van der Waals surface area contributed by atoms with Gasteiger partial charge >= 0.3 is 0 Å². The van der Waals surface area contributed by atoms with Gasteiger partial charge in [-0.25, -0.2) is 15.0 Å². The average Bonchev–Trinajstić information content (AvgIpc) is 3.69. The van der Waals surface area contributed by atoms with E-state index in [0.29, 0.717) is 22.3 Å². The first-order valence-electron chi connectivity index (χ1n) is 20.9. The number of furan rings is 1. The first-order chi connectivity index (χ1) is 29.8. The maximum Gasteiger partial charge on any atom is 0.167 e. The van der Waals surface area contributed by atoms with E-state index in [1.54, 1.807) is 0 Å². The molecule has 0 bridgehead atoms. The third-order valence-electron chi connectivity index (χ3n) is 10.9. The van der Waals surface area contributed by atoms with Gasteiger partial charge in [0.05, 0.1) is 23.8 Å². The fraction of sp³-hybridized carbons (Fsp3) is 0. The predicted octanol–water partition coefficient (Wildman–Crippen LogP) is 13.7. The normalized spacial score (nSPS) is 13.5. The molecule has 0 radical (unpaired) electrons. The molecular weight excluding hydrogens is 685 g/mol. The lowest BCUT2D eigenvalue weighted by Gasteiger charge is -2.34. The molecule has 0 fully saturated rings. The van der Waals surface area contributed by atoms with Crippen LogP contribution in [0.4, 0.5) is 17.1 Å². The van der Waals surface area contributed by atoms with Gasteiger partial charge in [0.2, 0.25) is 0 Å². The first-order valence-corrected chi connectivity index (χ1v) is 18.4. The zero-order chi connectivity index (χ0) is 41.1. The molecule has 0 unspecified atom stereocenters. The lowest BCUT2D eigenvalue weighted by Crippen LogP contribution is -2.15. The summed E-state index contributed by atoms with van der Waals surface area (Å²) in [5, 5.41) is 8.24. The van der Waals surface area contributed by atoms with Gasteiger partial charge in [-0.2, -0.15) is 0 Å². The van der Waals surface area contributed by atoms with E-state index in [1.165, 1.54) is 10.9 Å². The Labute approximate surface area is 328 Å². The van der Waals surface area contributed by atoms with E-state index in [4.69, 9.17) is 26.2 Å². The number of fused-ring (bicyclic) bond motifs is 7. The van der Waals surface area contributed by atoms with Crippen LogP contribution in [-0.2, 0) is 0 Å². The molecule has 2 aromatic heterocycles. The number of hydrogen-bond acceptors (Lipinski definition) is 5. The minimum atomic E-state index is -0.493. The molecule has 0 spiro atoms. The van der Waals surface area contributed by atoms with E-state index >= 15 is 0 Å². The monoisotopic (exact) mass is 719 g/mol. The molecule has 5 heteroatoms. The van der Waals surface area contributed by atoms with Crippen molar-refractivity contribution in [3.05, 3.63) is 182 Å². The van der Waals surface area contributed by atoms with Gasteiger partial charge in [0, 0.05) is 38.5 Å². The Morgan fingerprint density at radius 2 is 1.11 bits per heavy atom. The summed E-state index contributed by atoms with van der Waals surface area (Å²) in [7, 11) is 0. The van der Waals surface area contributed by atoms with Gasteiger partial charge in [-0.05, 0) is 75.0 Å². The summed E-state index contributed by atoms with van der Waals surface area (Å²) in [4.78, 5) is 17.2. The summed E-state index contributed by atoms with van der Waals surface area (Å²) in [6.07, 6.45) is 0. The van der Waals surface area contributed by atoms with Crippen molar-refractivity contribution in [2.45, 2.75) is 0 Å². The fourth-order valence-electron chi connectivity index (χ4n) is 8.38. The van der Waals surface area contributed by atoms with Crippen LogP contribution in [0.2, 0.25) is 0 Å². The standard InChI is InChI=1S/C51H30N4O/c1-2-12-33(13-3-1)49-52-50(54-51(53-49)41-23-11-21-39-37-19-6-7-25-46(37)56-48(39)41)40-22-8-16-31-26-27-36(30-42(31)40)55-44-24-10-18-32-17-9-20-38(47(32)44)43-28-34-14-4-5-15-35(34)29-45(43)55/h1-30H/i1D,2D,3D,12D,13D. The highest BCUT2D eigenvalue weighted by atomic mass is 16.3. The van der Waals surface area contributed by atoms with Crippen molar-refractivity contribution in [3.63, 3.8) is 0 Å². The molecule has 1 aliphatic heterocycles. The minimum Gasteiger partial charge on any atom is -0.455 e. The third kappa shape index (κ3) is 4.64. The van der Waals surface area contributed by atoms with E-state index in [9.17, 15) is 0 Å². The Hall–Kier alpha value is -7.63. The lowest BCUT2D eigenvalue weighted by atomic mass is 9.89. The van der Waals surface area contributed by atoms with Gasteiger partial charge in [-0.1, -0.05) is 139 Å². The maximum atomic E-state index is 8.91. The Balaban J connectivity index is 1.12. The van der Waals surface area contributed by atoms with Crippen molar-refractivity contribution in [3.8, 4) is 45.3 Å². The van der Waals surface area contributed by atoms with Crippen LogP contribution in [0.15, 0.2) is 186 Å². The molecule has 260 valence electrons. The van der Waals surface area contributed by atoms with E-state index < -0.39 is 30.2 Å². The summed E-state index contributed by atoms with van der Waals surface area (Å²) >= 11 is 0. The Morgan fingerprint density at radius 1 is 0.446 bits per heavy atom. The zero-order valence-electron chi connectivity index (χ0n) is 34.6. The van der Waals surface area contributed by atoms with Gasteiger partial charge in [-0.15, -0.1) is 0 Å². The highest BCUT2D eigenvalue weighted by Gasteiger charge is 2.27. The Kier molecular flexibility index (Phi) is 5.58. The molecular formula is C51H30N4O. The SMILES string of the molecule is [2H]c1c([2H])c([2H])c(-c2nc(-c3cccc4ccc(N5c6cc7ccccc7cc6-c6cccc7cccc5c67)cc34)nc(-c3cccc4c3oc3ccccc34)n2)c([2H])c1[2H]. The number of hydrogen-bond donors (Lipinski definition) is 0. The largest absolute Gasteiger partial charge is 0.455 e. The van der Waals surface area contributed by atoms with E-state index in [-0.39, 0.29) is 23.0 Å². The first kappa shape index (κ1) is 26.2. The summed E-state index contributed by atoms with van der Waals surface area (Å²) in [5.41, 5.74) is 7.81. The van der Waals surface area contributed by atoms with Crippen LogP contribution in [0.1, 0.15) is 6.85 Å². The second-order valence-electron chi connectivity index (χ2n) is 14.0. The van der Waals surface area contributed by atoms with Crippen LogP contribution >= 0.6 is 0 Å². The molecule has 0 saturated heterocycles. The van der Waals surface area contributed by atoms with Crippen molar-refractivity contribution >= 4 is 71.3 Å². The van der Waals surface area contributed by atoms with Gasteiger partial charge in [0.15, 0.2) is 17.5 Å². The summed E-state index contributed by atoms with van der Waals surface area (Å²) in [5.74, 6) is 0.475. The summed E-state index contributed by atoms with van der Waals surface area (Å²) < 4.78 is 49.5. The van der Waals surface area contributed by atoms with Crippen LogP contribution < -0.4 is 4.90 Å². The van der Waals surface area contributed by atoms with Gasteiger partial charge in [-0.3, -0.25) is 0 Å². The molecule has 5 nitrogen and oxygen atoms in total. The highest BCUT2D eigenvalue weighted by molar-refractivity contribution is 6.16. The van der Waals surface area contributed by atoms with Crippen molar-refractivity contribution in [2.75, 3.05) is 4.90 Å². The van der Waals surface area contributed by atoms with Crippen molar-refractivity contribution in [1.82, 2.24) is 15.0 Å². The van der Waals surface area contributed by atoms with E-state index in [0.717, 1.165) is 60.3 Å². The molecule has 0 saturated carbocycles. The lowest BCUT2D eigenvalue weighted by molar-refractivity contribution is 0.669. The number of benzene rings is 9. The van der Waals surface area contributed by atoms with Crippen LogP contribution in [0.3, 0.4) is 0 Å².